The number of benzene rings is 1. The molecule has 0 saturated heterocycles. The Kier molecular flexibility index (Phi) is 3.29. The second kappa shape index (κ2) is 4.76. The number of carbonyl (C=O) groups excluding carboxylic acids is 1. The first-order valence-corrected chi connectivity index (χ1v) is 5.99. The number of carboxylic acid groups (broad SMARTS) is 1. The van der Waals surface area contributed by atoms with E-state index in [9.17, 15) is 9.59 Å². The second-order valence-corrected chi connectivity index (χ2v) is 5.19. The molecule has 0 spiro atoms. The van der Waals surface area contributed by atoms with Gasteiger partial charge in [0.05, 0.1) is 6.42 Å². The highest BCUT2D eigenvalue weighted by molar-refractivity contribution is 5.98. The fourth-order valence-electron chi connectivity index (χ4n) is 2.00. The largest absolute Gasteiger partial charge is 0.481 e. The minimum atomic E-state index is -0.939. The van der Waals surface area contributed by atoms with Crippen molar-refractivity contribution in [3.05, 3.63) is 36.0 Å². The predicted molar refractivity (Wildman–Crippen MR) is 72.1 cm³/mol. The molecule has 0 saturated carbocycles. The number of rotatable bonds is 4. The van der Waals surface area contributed by atoms with Crippen LogP contribution in [-0.2, 0) is 4.79 Å². The van der Waals surface area contributed by atoms with Gasteiger partial charge in [-0.2, -0.15) is 0 Å². The van der Waals surface area contributed by atoms with Crippen LogP contribution in [0.1, 0.15) is 30.6 Å². The molecule has 2 aromatic rings. The quantitative estimate of drug-likeness (QED) is 0.787. The maximum atomic E-state index is 12.1. The Balaban J connectivity index is 2.17. The molecule has 0 atom stereocenters. The van der Waals surface area contributed by atoms with Crippen LogP contribution in [0.3, 0.4) is 0 Å². The van der Waals surface area contributed by atoms with Gasteiger partial charge < -0.3 is 15.4 Å². The Morgan fingerprint density at radius 1 is 1.32 bits per heavy atom. The zero-order valence-corrected chi connectivity index (χ0v) is 10.9. The lowest BCUT2D eigenvalue weighted by atomic mass is 10.00. The van der Waals surface area contributed by atoms with Gasteiger partial charge in [0.25, 0.3) is 5.91 Å². The number of carboxylic acids is 1. The monoisotopic (exact) mass is 260 g/mol. The van der Waals surface area contributed by atoms with Gasteiger partial charge in [0.1, 0.15) is 0 Å². The van der Waals surface area contributed by atoms with Gasteiger partial charge in [0.2, 0.25) is 0 Å². The molecule has 0 radical (unpaired) electrons. The molecule has 19 heavy (non-hydrogen) atoms. The summed E-state index contributed by atoms with van der Waals surface area (Å²) in [4.78, 5) is 25.9. The Bertz CT molecular complexity index is 628. The van der Waals surface area contributed by atoms with Crippen molar-refractivity contribution in [2.45, 2.75) is 25.8 Å². The average Bonchev–Trinajstić information content (AvgIpc) is 2.72. The third kappa shape index (κ3) is 3.13. The highest BCUT2D eigenvalue weighted by atomic mass is 16.4. The van der Waals surface area contributed by atoms with Gasteiger partial charge in [0, 0.05) is 28.2 Å². The molecule has 0 bridgehead atoms. The number of aromatic amines is 1. The van der Waals surface area contributed by atoms with Crippen molar-refractivity contribution in [1.82, 2.24) is 10.3 Å². The molecule has 0 fully saturated rings. The molecule has 1 heterocycles. The Labute approximate surface area is 110 Å². The number of fused-ring (bicyclic) bond motifs is 1. The molecule has 1 aromatic carbocycles. The summed E-state index contributed by atoms with van der Waals surface area (Å²) in [5.74, 6) is -1.21. The standard InChI is InChI=1S/C14H16N2O3/c1-14(2,8-12(17)18)16-13(19)10-3-4-11-9(7-10)5-6-15-11/h3-7,15H,8H2,1-2H3,(H,16,19)(H,17,18). The molecule has 5 heteroatoms. The SMILES string of the molecule is CC(C)(CC(=O)O)NC(=O)c1ccc2[nH]ccc2c1. The first-order valence-electron chi connectivity index (χ1n) is 5.99. The second-order valence-electron chi connectivity index (χ2n) is 5.19. The topological polar surface area (TPSA) is 82.2 Å². The van der Waals surface area contributed by atoms with Crippen LogP contribution >= 0.6 is 0 Å². The van der Waals surface area contributed by atoms with E-state index in [-0.39, 0.29) is 12.3 Å². The summed E-state index contributed by atoms with van der Waals surface area (Å²) in [5.41, 5.74) is 0.697. The van der Waals surface area contributed by atoms with Crippen molar-refractivity contribution < 1.29 is 14.7 Å². The molecule has 0 unspecified atom stereocenters. The molecular formula is C14H16N2O3. The third-order valence-electron chi connectivity index (χ3n) is 2.86. The van der Waals surface area contributed by atoms with Crippen molar-refractivity contribution in [1.29, 1.82) is 0 Å². The van der Waals surface area contributed by atoms with Gasteiger partial charge in [-0.25, -0.2) is 0 Å². The van der Waals surface area contributed by atoms with Gasteiger partial charge in [-0.05, 0) is 38.1 Å². The average molecular weight is 260 g/mol. The Morgan fingerprint density at radius 2 is 2.05 bits per heavy atom. The number of H-pyrrole nitrogens is 1. The van der Waals surface area contributed by atoms with Crippen LogP contribution < -0.4 is 5.32 Å². The van der Waals surface area contributed by atoms with E-state index in [1.165, 1.54) is 0 Å². The maximum absolute atomic E-state index is 12.1. The van der Waals surface area contributed by atoms with E-state index < -0.39 is 11.5 Å². The van der Waals surface area contributed by atoms with Crippen LogP contribution in [0, 0.1) is 0 Å². The van der Waals surface area contributed by atoms with Gasteiger partial charge in [-0.15, -0.1) is 0 Å². The highest BCUT2D eigenvalue weighted by Crippen LogP contribution is 2.16. The van der Waals surface area contributed by atoms with E-state index in [1.54, 1.807) is 32.2 Å². The lowest BCUT2D eigenvalue weighted by molar-refractivity contribution is -0.138. The maximum Gasteiger partial charge on any atom is 0.305 e. The normalized spacial score (nSPS) is 11.5. The van der Waals surface area contributed by atoms with Crippen LogP contribution in [-0.4, -0.2) is 27.5 Å². The molecule has 5 nitrogen and oxygen atoms in total. The summed E-state index contributed by atoms with van der Waals surface area (Å²) in [6.45, 7) is 3.38. The molecule has 0 aliphatic heterocycles. The van der Waals surface area contributed by atoms with E-state index >= 15 is 0 Å². The lowest BCUT2D eigenvalue weighted by Gasteiger charge is -2.24. The number of hydrogen-bond acceptors (Lipinski definition) is 2. The molecule has 100 valence electrons. The Morgan fingerprint density at radius 3 is 2.74 bits per heavy atom. The zero-order chi connectivity index (χ0) is 14.0. The molecule has 0 aliphatic rings. The van der Waals surface area contributed by atoms with Crippen molar-refractivity contribution in [2.24, 2.45) is 0 Å². The highest BCUT2D eigenvalue weighted by Gasteiger charge is 2.24. The van der Waals surface area contributed by atoms with E-state index in [0.717, 1.165) is 10.9 Å². The molecule has 3 N–H and O–H groups in total. The third-order valence-corrected chi connectivity index (χ3v) is 2.86. The minimum Gasteiger partial charge on any atom is -0.481 e. The number of carbonyl (C=O) groups is 2. The van der Waals surface area contributed by atoms with Crippen LogP contribution in [0.25, 0.3) is 10.9 Å². The number of hydrogen-bond donors (Lipinski definition) is 3. The first-order chi connectivity index (χ1) is 8.87. The van der Waals surface area contributed by atoms with Crippen LogP contribution in [0.15, 0.2) is 30.5 Å². The molecule has 1 amide bonds. The summed E-state index contributed by atoms with van der Waals surface area (Å²) in [6, 6.07) is 7.20. The van der Waals surface area contributed by atoms with E-state index in [1.807, 2.05) is 12.1 Å². The van der Waals surface area contributed by atoms with Gasteiger partial charge in [-0.1, -0.05) is 0 Å². The number of aromatic nitrogens is 1. The summed E-state index contributed by atoms with van der Waals surface area (Å²) in [5, 5.41) is 12.5. The molecular weight excluding hydrogens is 244 g/mol. The first kappa shape index (κ1) is 13.1. The zero-order valence-electron chi connectivity index (χ0n) is 10.9. The summed E-state index contributed by atoms with van der Waals surface area (Å²) < 4.78 is 0. The van der Waals surface area contributed by atoms with E-state index in [2.05, 4.69) is 10.3 Å². The number of amides is 1. The summed E-state index contributed by atoms with van der Waals surface area (Å²) in [7, 11) is 0. The van der Waals surface area contributed by atoms with Gasteiger partial charge in [-0.3, -0.25) is 9.59 Å². The van der Waals surface area contributed by atoms with Crippen LogP contribution in [0.4, 0.5) is 0 Å². The fourth-order valence-corrected chi connectivity index (χ4v) is 2.00. The van der Waals surface area contributed by atoms with Crippen molar-refractivity contribution in [2.75, 3.05) is 0 Å². The lowest BCUT2D eigenvalue weighted by Crippen LogP contribution is -2.44. The summed E-state index contributed by atoms with van der Waals surface area (Å²) >= 11 is 0. The molecule has 2 rings (SSSR count). The Hall–Kier alpha value is -2.30. The molecule has 0 aliphatic carbocycles. The summed E-state index contributed by atoms with van der Waals surface area (Å²) in [6.07, 6.45) is 1.69. The predicted octanol–water partition coefficient (Wildman–Crippen LogP) is 2.15. The van der Waals surface area contributed by atoms with Crippen LogP contribution in [0.2, 0.25) is 0 Å². The fraction of sp³-hybridized carbons (Fsp3) is 0.286. The van der Waals surface area contributed by atoms with Gasteiger partial charge in [0.15, 0.2) is 0 Å². The number of aliphatic carboxylic acids is 1. The van der Waals surface area contributed by atoms with Gasteiger partial charge >= 0.3 is 5.97 Å². The van der Waals surface area contributed by atoms with E-state index in [4.69, 9.17) is 5.11 Å². The van der Waals surface area contributed by atoms with Crippen molar-refractivity contribution in [3.8, 4) is 0 Å². The smallest absolute Gasteiger partial charge is 0.305 e. The minimum absolute atomic E-state index is 0.120. The van der Waals surface area contributed by atoms with E-state index in [0.29, 0.717) is 5.56 Å². The van der Waals surface area contributed by atoms with Crippen molar-refractivity contribution in [3.63, 3.8) is 0 Å². The van der Waals surface area contributed by atoms with Crippen LogP contribution in [0.5, 0.6) is 0 Å². The van der Waals surface area contributed by atoms with Crippen molar-refractivity contribution >= 4 is 22.8 Å². The molecule has 1 aromatic heterocycles. The number of nitrogens with one attached hydrogen (secondary N) is 2.